The molecule has 1 amide bonds. The Morgan fingerprint density at radius 3 is 2.69 bits per heavy atom. The van der Waals surface area contributed by atoms with Crippen LogP contribution in [0, 0.1) is 10.1 Å². The number of ether oxygens (including phenoxy) is 1. The molecule has 8 nitrogen and oxygen atoms in total. The minimum absolute atomic E-state index is 0.107. The van der Waals surface area contributed by atoms with Crippen LogP contribution < -0.4 is 5.32 Å². The van der Waals surface area contributed by atoms with Crippen LogP contribution in [-0.4, -0.2) is 23.4 Å². The summed E-state index contributed by atoms with van der Waals surface area (Å²) >= 11 is 11.8. The number of carbonyl (C=O) groups is 2. The second-order valence-corrected chi connectivity index (χ2v) is 5.73. The maximum atomic E-state index is 11.7. The van der Waals surface area contributed by atoms with E-state index in [-0.39, 0.29) is 12.3 Å². The van der Waals surface area contributed by atoms with Gasteiger partial charge in [0.15, 0.2) is 6.61 Å². The van der Waals surface area contributed by atoms with Crippen molar-refractivity contribution >= 4 is 47.0 Å². The Labute approximate surface area is 157 Å². The molecule has 0 saturated carbocycles. The standard InChI is InChI=1S/C16H12Cl2N2O6/c17-11-2-1-10(13(18)7-11)8-19-14(21)9-25-16(22)6-4-12-3-5-15(26-12)20(23)24/h1-7H,8-9H2,(H,19,21)/b6-4+. The van der Waals surface area contributed by atoms with Crippen LogP contribution in [-0.2, 0) is 20.9 Å². The van der Waals surface area contributed by atoms with Gasteiger partial charge in [0.25, 0.3) is 5.91 Å². The molecule has 136 valence electrons. The number of nitrogens with zero attached hydrogens (tertiary/aromatic N) is 1. The van der Waals surface area contributed by atoms with Gasteiger partial charge in [0.2, 0.25) is 0 Å². The van der Waals surface area contributed by atoms with Crippen LogP contribution in [0.25, 0.3) is 6.08 Å². The highest BCUT2D eigenvalue weighted by Crippen LogP contribution is 2.20. The predicted molar refractivity (Wildman–Crippen MR) is 93.7 cm³/mol. The average Bonchev–Trinajstić information content (AvgIpc) is 3.06. The number of carbonyl (C=O) groups excluding carboxylic acids is 2. The highest BCUT2D eigenvalue weighted by atomic mass is 35.5. The molecule has 0 saturated heterocycles. The first-order valence-corrected chi connectivity index (χ1v) is 7.90. The van der Waals surface area contributed by atoms with Crippen LogP contribution in [0.2, 0.25) is 10.0 Å². The van der Waals surface area contributed by atoms with Gasteiger partial charge in [-0.2, -0.15) is 0 Å². The molecule has 2 rings (SSSR count). The van der Waals surface area contributed by atoms with Gasteiger partial charge in [0, 0.05) is 22.7 Å². The number of hydrogen-bond donors (Lipinski definition) is 1. The summed E-state index contributed by atoms with van der Waals surface area (Å²) in [4.78, 5) is 33.0. The summed E-state index contributed by atoms with van der Waals surface area (Å²) in [5.74, 6) is -1.66. The molecular formula is C16H12Cl2N2O6. The molecule has 10 heteroatoms. The number of esters is 1. The van der Waals surface area contributed by atoms with Crippen molar-refractivity contribution in [2.45, 2.75) is 6.54 Å². The molecule has 0 unspecified atom stereocenters. The molecule has 0 aliphatic heterocycles. The van der Waals surface area contributed by atoms with Crippen LogP contribution in [0.4, 0.5) is 5.88 Å². The highest BCUT2D eigenvalue weighted by Gasteiger charge is 2.11. The van der Waals surface area contributed by atoms with E-state index in [2.05, 4.69) is 5.32 Å². The normalized spacial score (nSPS) is 10.7. The number of rotatable bonds is 7. The van der Waals surface area contributed by atoms with Crippen molar-refractivity contribution in [2.24, 2.45) is 0 Å². The van der Waals surface area contributed by atoms with Crippen LogP contribution in [0.5, 0.6) is 0 Å². The van der Waals surface area contributed by atoms with E-state index >= 15 is 0 Å². The molecule has 1 N–H and O–H groups in total. The molecule has 0 fully saturated rings. The Morgan fingerprint density at radius 2 is 2.04 bits per heavy atom. The third-order valence-electron chi connectivity index (χ3n) is 3.01. The summed E-state index contributed by atoms with van der Waals surface area (Å²) in [6.45, 7) is -0.342. The number of nitro groups is 1. The van der Waals surface area contributed by atoms with E-state index in [1.54, 1.807) is 18.2 Å². The molecule has 1 heterocycles. The lowest BCUT2D eigenvalue weighted by Gasteiger charge is -2.07. The fraction of sp³-hybridized carbons (Fsp3) is 0.125. The van der Waals surface area contributed by atoms with Gasteiger partial charge in [0.05, 0.1) is 6.07 Å². The zero-order valence-corrected chi connectivity index (χ0v) is 14.6. The Morgan fingerprint density at radius 1 is 1.27 bits per heavy atom. The fourth-order valence-electron chi connectivity index (χ4n) is 1.77. The first kappa shape index (κ1) is 19.5. The van der Waals surface area contributed by atoms with Crippen molar-refractivity contribution in [3.8, 4) is 0 Å². The van der Waals surface area contributed by atoms with Gasteiger partial charge in [-0.15, -0.1) is 0 Å². The molecule has 0 radical (unpaired) electrons. The molecule has 1 aromatic heterocycles. The lowest BCUT2D eigenvalue weighted by molar-refractivity contribution is -0.402. The summed E-state index contributed by atoms with van der Waals surface area (Å²) in [5.41, 5.74) is 0.662. The van der Waals surface area contributed by atoms with Crippen LogP contribution in [0.15, 0.2) is 40.8 Å². The highest BCUT2D eigenvalue weighted by molar-refractivity contribution is 6.35. The van der Waals surface area contributed by atoms with Crippen molar-refractivity contribution in [1.82, 2.24) is 5.32 Å². The van der Waals surface area contributed by atoms with E-state index in [4.69, 9.17) is 32.4 Å². The summed E-state index contributed by atoms with van der Waals surface area (Å²) in [6.07, 6.45) is 2.19. The van der Waals surface area contributed by atoms with Crippen molar-refractivity contribution < 1.29 is 23.7 Å². The van der Waals surface area contributed by atoms with E-state index < -0.39 is 29.3 Å². The van der Waals surface area contributed by atoms with Crippen molar-refractivity contribution in [2.75, 3.05) is 6.61 Å². The molecular weight excluding hydrogens is 387 g/mol. The van der Waals surface area contributed by atoms with E-state index in [1.165, 1.54) is 12.1 Å². The summed E-state index contributed by atoms with van der Waals surface area (Å²) in [5, 5.41) is 13.9. The lowest BCUT2D eigenvalue weighted by atomic mass is 10.2. The SMILES string of the molecule is O=C(COC(=O)/C=C/c1ccc([N+](=O)[O-])o1)NCc1ccc(Cl)cc1Cl. The third kappa shape index (κ3) is 5.91. The monoisotopic (exact) mass is 398 g/mol. The number of benzene rings is 1. The summed E-state index contributed by atoms with van der Waals surface area (Å²) < 4.78 is 9.58. The van der Waals surface area contributed by atoms with Gasteiger partial charge in [-0.25, -0.2) is 4.79 Å². The van der Waals surface area contributed by atoms with Crippen molar-refractivity contribution in [3.63, 3.8) is 0 Å². The number of amides is 1. The number of nitrogens with one attached hydrogen (secondary N) is 1. The zero-order valence-electron chi connectivity index (χ0n) is 13.1. The molecule has 0 aliphatic rings. The second-order valence-electron chi connectivity index (χ2n) is 4.89. The molecule has 1 aromatic carbocycles. The van der Waals surface area contributed by atoms with E-state index in [1.807, 2.05) is 0 Å². The van der Waals surface area contributed by atoms with E-state index in [0.29, 0.717) is 15.6 Å². The average molecular weight is 399 g/mol. The third-order valence-corrected chi connectivity index (χ3v) is 3.60. The molecule has 0 aliphatic carbocycles. The smallest absolute Gasteiger partial charge is 0.433 e. The molecule has 0 bridgehead atoms. The van der Waals surface area contributed by atoms with Gasteiger partial charge in [-0.1, -0.05) is 29.3 Å². The van der Waals surface area contributed by atoms with Gasteiger partial charge in [-0.3, -0.25) is 14.9 Å². The van der Waals surface area contributed by atoms with Gasteiger partial charge < -0.3 is 14.5 Å². The Kier molecular flexibility index (Phi) is 6.76. The largest absolute Gasteiger partial charge is 0.452 e. The van der Waals surface area contributed by atoms with E-state index in [0.717, 1.165) is 12.1 Å². The number of furan rings is 1. The number of halogens is 2. The topological polar surface area (TPSA) is 112 Å². The molecule has 26 heavy (non-hydrogen) atoms. The molecule has 0 atom stereocenters. The Balaban J connectivity index is 1.76. The first-order valence-electron chi connectivity index (χ1n) is 7.15. The Hall–Kier alpha value is -2.84. The van der Waals surface area contributed by atoms with Crippen LogP contribution in [0.3, 0.4) is 0 Å². The minimum atomic E-state index is -0.802. The zero-order chi connectivity index (χ0) is 19.1. The van der Waals surface area contributed by atoms with Crippen molar-refractivity contribution in [3.05, 3.63) is 67.9 Å². The quantitative estimate of drug-likeness (QED) is 0.331. The van der Waals surface area contributed by atoms with Gasteiger partial charge >= 0.3 is 11.9 Å². The van der Waals surface area contributed by atoms with Crippen LogP contribution >= 0.6 is 23.2 Å². The Bertz CT molecular complexity index is 862. The lowest BCUT2D eigenvalue weighted by Crippen LogP contribution is -2.28. The second kappa shape index (κ2) is 9.02. The van der Waals surface area contributed by atoms with Crippen LogP contribution in [0.1, 0.15) is 11.3 Å². The van der Waals surface area contributed by atoms with Gasteiger partial charge in [0.1, 0.15) is 10.7 Å². The van der Waals surface area contributed by atoms with E-state index in [9.17, 15) is 19.7 Å². The predicted octanol–water partition coefficient (Wildman–Crippen LogP) is 3.37. The summed E-state index contributed by atoms with van der Waals surface area (Å²) in [6, 6.07) is 7.33. The maximum Gasteiger partial charge on any atom is 0.433 e. The summed E-state index contributed by atoms with van der Waals surface area (Å²) in [7, 11) is 0. The van der Waals surface area contributed by atoms with Gasteiger partial charge in [-0.05, 0) is 29.8 Å². The fourth-order valence-corrected chi connectivity index (χ4v) is 2.25. The molecule has 2 aromatic rings. The first-order chi connectivity index (χ1) is 12.3. The molecule has 0 spiro atoms. The maximum absolute atomic E-state index is 11.7. The van der Waals surface area contributed by atoms with Crippen molar-refractivity contribution in [1.29, 1.82) is 0 Å². The minimum Gasteiger partial charge on any atom is -0.452 e. The number of hydrogen-bond acceptors (Lipinski definition) is 6.